The average molecular weight is 212 g/mol. The van der Waals surface area contributed by atoms with Gasteiger partial charge in [-0.05, 0) is 12.5 Å². The number of aromatic nitrogens is 4. The van der Waals surface area contributed by atoms with Crippen LogP contribution in [-0.4, -0.2) is 19.3 Å². The fraction of sp³-hybridized carbons (Fsp3) is 0.333. The minimum Gasteiger partial charge on any atom is -0.276 e. The lowest BCUT2D eigenvalue weighted by molar-refractivity contribution is 0.0665. The van der Waals surface area contributed by atoms with E-state index in [4.69, 9.17) is 0 Å². The molecule has 2 rings (SSSR count). The van der Waals surface area contributed by atoms with Gasteiger partial charge in [0.1, 0.15) is 5.82 Å². The number of nitrogens with zero attached hydrogens (tertiary/aromatic N) is 4. The van der Waals surface area contributed by atoms with Crippen molar-refractivity contribution in [2.45, 2.75) is 20.0 Å². The van der Waals surface area contributed by atoms with Crippen LogP contribution in [0.15, 0.2) is 24.8 Å². The molecule has 0 amide bonds. The van der Waals surface area contributed by atoms with Gasteiger partial charge >= 0.3 is 6.55 Å². The van der Waals surface area contributed by atoms with Gasteiger partial charge in [-0.15, -0.1) is 0 Å². The molecule has 80 valence electrons. The van der Waals surface area contributed by atoms with E-state index in [1.807, 2.05) is 6.92 Å². The summed E-state index contributed by atoms with van der Waals surface area (Å²) in [5.74, 6) is 0.299. The minimum absolute atomic E-state index is 0.255. The van der Waals surface area contributed by atoms with Crippen molar-refractivity contribution in [2.24, 2.45) is 0 Å². The highest BCUT2D eigenvalue weighted by Gasteiger charge is 2.11. The molecule has 15 heavy (non-hydrogen) atoms. The second kappa shape index (κ2) is 3.80. The minimum atomic E-state index is -2.56. The van der Waals surface area contributed by atoms with Crippen molar-refractivity contribution in [1.82, 2.24) is 19.3 Å². The van der Waals surface area contributed by atoms with Gasteiger partial charge in [-0.25, -0.2) is 4.98 Å². The Morgan fingerprint density at radius 1 is 1.47 bits per heavy atom. The van der Waals surface area contributed by atoms with E-state index in [-0.39, 0.29) is 6.54 Å². The molecule has 0 saturated heterocycles. The predicted octanol–water partition coefficient (Wildman–Crippen LogP) is 1.83. The summed E-state index contributed by atoms with van der Waals surface area (Å²) in [7, 11) is 0. The average Bonchev–Trinajstić information content (AvgIpc) is 2.75. The van der Waals surface area contributed by atoms with Crippen LogP contribution in [0.5, 0.6) is 0 Å². The van der Waals surface area contributed by atoms with Gasteiger partial charge in [0.15, 0.2) is 0 Å². The zero-order chi connectivity index (χ0) is 10.8. The topological polar surface area (TPSA) is 35.6 Å². The first-order valence-electron chi connectivity index (χ1n) is 4.46. The zero-order valence-corrected chi connectivity index (χ0v) is 8.14. The van der Waals surface area contributed by atoms with E-state index in [2.05, 4.69) is 10.1 Å². The summed E-state index contributed by atoms with van der Waals surface area (Å²) in [5, 5.41) is 4.01. The number of imidazole rings is 1. The third-order valence-corrected chi connectivity index (χ3v) is 2.02. The molecular weight excluding hydrogens is 202 g/mol. The van der Waals surface area contributed by atoms with Gasteiger partial charge in [0, 0.05) is 18.6 Å². The van der Waals surface area contributed by atoms with Gasteiger partial charge in [-0.1, -0.05) is 0 Å². The van der Waals surface area contributed by atoms with Crippen LogP contribution in [0.4, 0.5) is 8.78 Å². The van der Waals surface area contributed by atoms with Crippen LogP contribution in [0.3, 0.4) is 0 Å². The smallest absolute Gasteiger partial charge is 0.276 e. The van der Waals surface area contributed by atoms with Crippen molar-refractivity contribution >= 4 is 0 Å². The second-order valence-corrected chi connectivity index (χ2v) is 3.24. The highest BCUT2D eigenvalue weighted by Crippen LogP contribution is 2.13. The number of hydrogen-bond acceptors (Lipinski definition) is 2. The molecule has 0 bridgehead atoms. The molecule has 0 aliphatic heterocycles. The lowest BCUT2D eigenvalue weighted by Crippen LogP contribution is -2.09. The Kier molecular flexibility index (Phi) is 2.49. The normalized spacial score (nSPS) is 11.2. The van der Waals surface area contributed by atoms with E-state index in [1.54, 1.807) is 17.1 Å². The maximum absolute atomic E-state index is 12.5. The van der Waals surface area contributed by atoms with Gasteiger partial charge in [-0.2, -0.15) is 13.9 Å². The highest BCUT2D eigenvalue weighted by atomic mass is 19.3. The van der Waals surface area contributed by atoms with Crippen LogP contribution >= 0.6 is 0 Å². The van der Waals surface area contributed by atoms with Crippen LogP contribution in [0.1, 0.15) is 17.9 Å². The number of halogens is 2. The van der Waals surface area contributed by atoms with Crippen molar-refractivity contribution in [3.05, 3.63) is 36.2 Å². The lowest BCUT2D eigenvalue weighted by atomic mass is 10.4. The predicted molar refractivity (Wildman–Crippen MR) is 49.5 cm³/mol. The molecule has 2 aromatic rings. The molecule has 0 radical (unpaired) electrons. The monoisotopic (exact) mass is 212 g/mol. The summed E-state index contributed by atoms with van der Waals surface area (Å²) in [6.45, 7) is -0.409. The first kappa shape index (κ1) is 9.82. The van der Waals surface area contributed by atoms with E-state index in [0.29, 0.717) is 5.82 Å². The molecule has 0 saturated carbocycles. The van der Waals surface area contributed by atoms with Gasteiger partial charge in [0.25, 0.3) is 0 Å². The van der Waals surface area contributed by atoms with Gasteiger partial charge < -0.3 is 0 Å². The quantitative estimate of drug-likeness (QED) is 0.778. The molecule has 6 heteroatoms. The molecule has 0 fully saturated rings. The van der Waals surface area contributed by atoms with Gasteiger partial charge in [0.2, 0.25) is 0 Å². The molecule has 0 aromatic carbocycles. The largest absolute Gasteiger partial charge is 0.319 e. The Balaban J connectivity index is 2.20. The zero-order valence-electron chi connectivity index (χ0n) is 8.14. The molecule has 2 heterocycles. The van der Waals surface area contributed by atoms with Crippen molar-refractivity contribution < 1.29 is 8.78 Å². The first-order chi connectivity index (χ1) is 7.16. The first-order valence-corrected chi connectivity index (χ1v) is 4.46. The summed E-state index contributed by atoms with van der Waals surface area (Å²) in [4.78, 5) is 3.86. The summed E-state index contributed by atoms with van der Waals surface area (Å²) in [6.07, 6.45) is 6.08. The Morgan fingerprint density at radius 2 is 2.27 bits per heavy atom. The van der Waals surface area contributed by atoms with Crippen molar-refractivity contribution in [2.75, 3.05) is 0 Å². The summed E-state index contributed by atoms with van der Waals surface area (Å²) >= 11 is 0. The maximum atomic E-state index is 12.5. The number of rotatable bonds is 3. The molecule has 0 spiro atoms. The lowest BCUT2D eigenvalue weighted by Gasteiger charge is -2.05. The van der Waals surface area contributed by atoms with Crippen LogP contribution in [0.25, 0.3) is 0 Å². The Labute approximate surface area is 85.2 Å². The summed E-state index contributed by atoms with van der Waals surface area (Å²) in [5.41, 5.74) is 0.991. The van der Waals surface area contributed by atoms with Crippen LogP contribution in [-0.2, 0) is 6.54 Å². The molecule has 0 N–H and O–H groups in total. The number of aryl methyl sites for hydroxylation is 1. The van der Waals surface area contributed by atoms with Crippen LogP contribution < -0.4 is 0 Å². The Bertz CT molecular complexity index is 446. The molecule has 0 aliphatic rings. The van der Waals surface area contributed by atoms with Crippen molar-refractivity contribution in [3.8, 4) is 0 Å². The fourth-order valence-corrected chi connectivity index (χ4v) is 1.34. The summed E-state index contributed by atoms with van der Waals surface area (Å²) < 4.78 is 27.3. The van der Waals surface area contributed by atoms with E-state index < -0.39 is 6.55 Å². The number of alkyl halides is 2. The Morgan fingerprint density at radius 3 is 2.87 bits per heavy atom. The SMILES string of the molecule is Cc1cnn(Cc2nccn2C(F)F)c1. The molecule has 4 nitrogen and oxygen atoms in total. The van der Waals surface area contributed by atoms with E-state index in [9.17, 15) is 8.78 Å². The Hall–Kier alpha value is -1.72. The highest BCUT2D eigenvalue weighted by molar-refractivity contribution is 5.01. The summed E-state index contributed by atoms with van der Waals surface area (Å²) in [6, 6.07) is 0. The fourth-order valence-electron chi connectivity index (χ4n) is 1.34. The van der Waals surface area contributed by atoms with Crippen LogP contribution in [0, 0.1) is 6.92 Å². The van der Waals surface area contributed by atoms with Crippen molar-refractivity contribution in [3.63, 3.8) is 0 Å². The van der Waals surface area contributed by atoms with Crippen molar-refractivity contribution in [1.29, 1.82) is 0 Å². The van der Waals surface area contributed by atoms with E-state index in [1.165, 1.54) is 12.4 Å². The molecule has 0 unspecified atom stereocenters. The van der Waals surface area contributed by atoms with Crippen LogP contribution in [0.2, 0.25) is 0 Å². The third kappa shape index (κ3) is 2.03. The maximum Gasteiger partial charge on any atom is 0.319 e. The molecular formula is C9H10F2N4. The molecule has 0 aliphatic carbocycles. The third-order valence-electron chi connectivity index (χ3n) is 2.02. The van der Waals surface area contributed by atoms with E-state index >= 15 is 0 Å². The second-order valence-electron chi connectivity index (χ2n) is 3.24. The van der Waals surface area contributed by atoms with E-state index in [0.717, 1.165) is 10.1 Å². The standard InChI is InChI=1S/C9H10F2N4/c1-7-4-13-14(5-7)6-8-12-2-3-15(8)9(10)11/h2-5,9H,6H2,1H3. The molecule has 2 aromatic heterocycles. The number of hydrogen-bond donors (Lipinski definition) is 0. The van der Waals surface area contributed by atoms with Gasteiger partial charge in [-0.3, -0.25) is 9.25 Å². The molecule has 0 atom stereocenters. The van der Waals surface area contributed by atoms with Gasteiger partial charge in [0.05, 0.1) is 12.7 Å².